The van der Waals surface area contributed by atoms with Crippen LogP contribution in [0.3, 0.4) is 0 Å². The van der Waals surface area contributed by atoms with E-state index in [0.29, 0.717) is 11.8 Å². The van der Waals surface area contributed by atoms with Crippen LogP contribution >= 0.6 is 0 Å². The maximum absolute atomic E-state index is 11.9. The number of rotatable bonds is 6. The lowest BCUT2D eigenvalue weighted by Gasteiger charge is -2.52. The smallest absolute Gasteiger partial charge is 0.309 e. The lowest BCUT2D eigenvalue weighted by atomic mass is 9.51. The van der Waals surface area contributed by atoms with Crippen molar-refractivity contribution in [3.63, 3.8) is 0 Å². The number of allylic oxidation sites excluding steroid dienone is 2. The Morgan fingerprint density at radius 1 is 1.35 bits per heavy atom. The lowest BCUT2D eigenvalue weighted by molar-refractivity contribution is -0.152. The first-order valence-corrected chi connectivity index (χ1v) is 9.30. The quantitative estimate of drug-likeness (QED) is 0.700. The van der Waals surface area contributed by atoms with Crippen LogP contribution in [0, 0.1) is 28.6 Å². The highest BCUT2D eigenvalue weighted by atomic mass is 16.4. The van der Waals surface area contributed by atoms with E-state index in [1.165, 1.54) is 5.57 Å². The molecule has 0 aliphatic heterocycles. The van der Waals surface area contributed by atoms with Gasteiger partial charge in [-0.05, 0) is 75.0 Å². The summed E-state index contributed by atoms with van der Waals surface area (Å²) in [7, 11) is 0. The normalized spacial score (nSPS) is 38.6. The maximum Gasteiger partial charge on any atom is 0.309 e. The van der Waals surface area contributed by atoms with Gasteiger partial charge in [-0.3, -0.25) is 4.79 Å². The van der Waals surface area contributed by atoms with Gasteiger partial charge in [-0.1, -0.05) is 32.4 Å². The molecule has 2 aliphatic carbocycles. The van der Waals surface area contributed by atoms with Gasteiger partial charge in [0.25, 0.3) is 0 Å². The average Bonchev–Trinajstić information content (AvgIpc) is 2.50. The summed E-state index contributed by atoms with van der Waals surface area (Å²) in [5.41, 5.74) is 0.940. The van der Waals surface area contributed by atoms with E-state index in [1.807, 2.05) is 6.92 Å². The number of aliphatic hydroxyl groups excluding tert-OH is 1. The van der Waals surface area contributed by atoms with Gasteiger partial charge in [-0.15, -0.1) is 0 Å². The van der Waals surface area contributed by atoms with E-state index in [4.69, 9.17) is 5.11 Å². The fourth-order valence-corrected chi connectivity index (χ4v) is 4.87. The van der Waals surface area contributed by atoms with Gasteiger partial charge in [-0.2, -0.15) is 0 Å². The second-order valence-corrected chi connectivity index (χ2v) is 8.53. The molecule has 0 bridgehead atoms. The third-order valence-corrected chi connectivity index (χ3v) is 7.07. The molecule has 2 rings (SSSR count). The van der Waals surface area contributed by atoms with Crippen molar-refractivity contribution in [1.29, 1.82) is 0 Å². The van der Waals surface area contributed by atoms with E-state index in [0.717, 1.165) is 44.9 Å². The number of carboxylic acids is 1. The van der Waals surface area contributed by atoms with Crippen LogP contribution in [0.2, 0.25) is 0 Å². The zero-order valence-electron chi connectivity index (χ0n) is 15.3. The minimum atomic E-state index is -0.626. The minimum absolute atomic E-state index is 0.115. The molecular weight excluding hydrogens is 288 g/mol. The molecule has 1 fully saturated rings. The number of fused-ring (bicyclic) bond motifs is 1. The molecule has 0 aromatic heterocycles. The van der Waals surface area contributed by atoms with E-state index < -0.39 is 11.4 Å². The van der Waals surface area contributed by atoms with Crippen LogP contribution in [0.25, 0.3) is 0 Å². The Hall–Kier alpha value is -0.830. The summed E-state index contributed by atoms with van der Waals surface area (Å²) in [6, 6.07) is 0. The predicted molar refractivity (Wildman–Crippen MR) is 93.2 cm³/mol. The van der Waals surface area contributed by atoms with Crippen molar-refractivity contribution in [2.45, 2.75) is 72.6 Å². The highest BCUT2D eigenvalue weighted by Gasteiger charge is 2.52. The SMILES string of the molecule is C[C@H](CCO)CC[C@]1(C)C2=CCC[C@@](C)(C(=O)O)[C@H]2CC[C@H]1C. The Balaban J connectivity index is 2.24. The molecule has 0 unspecified atom stereocenters. The first-order chi connectivity index (χ1) is 10.8. The summed E-state index contributed by atoms with van der Waals surface area (Å²) in [6.07, 6.45) is 9.22. The Morgan fingerprint density at radius 3 is 2.65 bits per heavy atom. The van der Waals surface area contributed by atoms with E-state index in [1.54, 1.807) is 0 Å². The van der Waals surface area contributed by atoms with Crippen molar-refractivity contribution in [3.05, 3.63) is 11.6 Å². The molecule has 0 aromatic carbocycles. The van der Waals surface area contributed by atoms with Gasteiger partial charge >= 0.3 is 5.97 Å². The monoisotopic (exact) mass is 322 g/mol. The summed E-state index contributed by atoms with van der Waals surface area (Å²) in [5, 5.41) is 18.9. The molecule has 0 heterocycles. The second-order valence-electron chi connectivity index (χ2n) is 8.53. The summed E-state index contributed by atoms with van der Waals surface area (Å²) in [5.74, 6) is 0.698. The van der Waals surface area contributed by atoms with Crippen LogP contribution in [0.1, 0.15) is 72.6 Å². The average molecular weight is 322 g/mol. The topological polar surface area (TPSA) is 57.5 Å². The van der Waals surface area contributed by atoms with Crippen LogP contribution in [0.15, 0.2) is 11.6 Å². The second kappa shape index (κ2) is 6.96. The van der Waals surface area contributed by atoms with Gasteiger partial charge < -0.3 is 10.2 Å². The van der Waals surface area contributed by atoms with Gasteiger partial charge in [0.2, 0.25) is 0 Å². The molecule has 2 N–H and O–H groups in total. The highest BCUT2D eigenvalue weighted by molar-refractivity contribution is 5.75. The number of hydrogen-bond acceptors (Lipinski definition) is 2. The Kier molecular flexibility index (Phi) is 5.60. The first-order valence-electron chi connectivity index (χ1n) is 9.30. The summed E-state index contributed by atoms with van der Waals surface area (Å²) in [6.45, 7) is 9.12. The fraction of sp³-hybridized carbons (Fsp3) is 0.850. The highest BCUT2D eigenvalue weighted by Crippen LogP contribution is 2.58. The first kappa shape index (κ1) is 18.5. The lowest BCUT2D eigenvalue weighted by Crippen LogP contribution is -2.47. The molecule has 3 nitrogen and oxygen atoms in total. The third-order valence-electron chi connectivity index (χ3n) is 7.07. The number of aliphatic carboxylic acids is 1. The molecule has 3 heteroatoms. The van der Waals surface area contributed by atoms with Gasteiger partial charge in [0.15, 0.2) is 0 Å². The zero-order valence-corrected chi connectivity index (χ0v) is 15.3. The van der Waals surface area contributed by atoms with E-state index in [9.17, 15) is 9.90 Å². The molecular formula is C20H34O3. The Bertz CT molecular complexity index is 470. The van der Waals surface area contributed by atoms with E-state index in [2.05, 4.69) is 26.8 Å². The Morgan fingerprint density at radius 2 is 2.04 bits per heavy atom. The number of carboxylic acid groups (broad SMARTS) is 1. The molecule has 132 valence electrons. The van der Waals surface area contributed by atoms with Crippen LogP contribution in [0.5, 0.6) is 0 Å². The molecule has 0 saturated heterocycles. The van der Waals surface area contributed by atoms with Crippen molar-refractivity contribution < 1.29 is 15.0 Å². The van der Waals surface area contributed by atoms with Crippen LogP contribution < -0.4 is 0 Å². The largest absolute Gasteiger partial charge is 0.481 e. The maximum atomic E-state index is 11.9. The van der Waals surface area contributed by atoms with Gasteiger partial charge in [0.1, 0.15) is 0 Å². The molecule has 0 spiro atoms. The van der Waals surface area contributed by atoms with Crippen LogP contribution in [-0.4, -0.2) is 22.8 Å². The Labute approximate surface area is 141 Å². The zero-order chi connectivity index (χ0) is 17.3. The number of carbonyl (C=O) groups is 1. The summed E-state index contributed by atoms with van der Waals surface area (Å²) >= 11 is 0. The molecule has 2 aliphatic rings. The summed E-state index contributed by atoms with van der Waals surface area (Å²) in [4.78, 5) is 11.9. The van der Waals surface area contributed by atoms with Crippen molar-refractivity contribution in [2.24, 2.45) is 28.6 Å². The standard InChI is InChI=1S/C20H34O3/c1-14(10-13-21)9-12-19(3)15(2)7-8-17-16(19)6-5-11-20(17,4)18(22)23/h6,14-15,17,21H,5,7-13H2,1-4H3,(H,22,23)/t14-,15+,17-,19-,20+/m0/s1. The molecule has 5 atom stereocenters. The van der Waals surface area contributed by atoms with Gasteiger partial charge in [0.05, 0.1) is 5.41 Å². The van der Waals surface area contributed by atoms with Crippen molar-refractivity contribution >= 4 is 5.97 Å². The van der Waals surface area contributed by atoms with Crippen molar-refractivity contribution in [2.75, 3.05) is 6.61 Å². The van der Waals surface area contributed by atoms with Crippen molar-refractivity contribution in [1.82, 2.24) is 0 Å². The minimum Gasteiger partial charge on any atom is -0.481 e. The van der Waals surface area contributed by atoms with Gasteiger partial charge in [0, 0.05) is 6.61 Å². The van der Waals surface area contributed by atoms with E-state index >= 15 is 0 Å². The third kappa shape index (κ3) is 3.35. The molecule has 0 radical (unpaired) electrons. The molecule has 0 amide bonds. The van der Waals surface area contributed by atoms with Crippen molar-refractivity contribution in [3.8, 4) is 0 Å². The van der Waals surface area contributed by atoms with Crippen LogP contribution in [0.4, 0.5) is 0 Å². The van der Waals surface area contributed by atoms with Crippen LogP contribution in [-0.2, 0) is 4.79 Å². The molecule has 1 saturated carbocycles. The predicted octanol–water partition coefficient (Wildman–Crippen LogP) is 4.65. The number of aliphatic hydroxyl groups is 1. The van der Waals surface area contributed by atoms with Gasteiger partial charge in [-0.25, -0.2) is 0 Å². The summed E-state index contributed by atoms with van der Waals surface area (Å²) < 4.78 is 0. The molecule has 23 heavy (non-hydrogen) atoms. The molecule has 0 aromatic rings. The van der Waals surface area contributed by atoms with E-state index in [-0.39, 0.29) is 17.9 Å². The number of hydrogen-bond donors (Lipinski definition) is 2. The fourth-order valence-electron chi connectivity index (χ4n) is 4.87.